The molecule has 1 aliphatic rings. The first-order valence-corrected chi connectivity index (χ1v) is 8.11. The van der Waals surface area contributed by atoms with Crippen LogP contribution in [0.25, 0.3) is 0 Å². The van der Waals surface area contributed by atoms with Crippen molar-refractivity contribution in [2.75, 3.05) is 20.7 Å². The average molecular weight is 290 g/mol. The molecule has 0 spiro atoms. The third kappa shape index (κ3) is 4.21. The molecule has 3 nitrogen and oxygen atoms in total. The molecule has 3 atom stereocenters. The van der Waals surface area contributed by atoms with Crippen molar-refractivity contribution in [1.82, 2.24) is 4.90 Å². The number of hydrogen-bond donors (Lipinski definition) is 1. The number of aryl methyl sites for hydroxylation is 1. The van der Waals surface area contributed by atoms with Crippen LogP contribution in [-0.2, 0) is 0 Å². The van der Waals surface area contributed by atoms with E-state index >= 15 is 0 Å². The number of nitrogens with zero attached hydrogens (tertiary/aromatic N) is 1. The fourth-order valence-electron chi connectivity index (χ4n) is 3.50. The quantitative estimate of drug-likeness (QED) is 0.902. The van der Waals surface area contributed by atoms with Crippen LogP contribution >= 0.6 is 0 Å². The molecule has 118 valence electrons. The van der Waals surface area contributed by atoms with Crippen LogP contribution in [0.3, 0.4) is 0 Å². The van der Waals surface area contributed by atoms with E-state index in [2.05, 4.69) is 37.9 Å². The second-order valence-electron chi connectivity index (χ2n) is 6.72. The van der Waals surface area contributed by atoms with Gasteiger partial charge in [0.1, 0.15) is 5.75 Å². The first-order valence-electron chi connectivity index (χ1n) is 8.11. The molecule has 0 amide bonds. The first kappa shape index (κ1) is 16.3. The summed E-state index contributed by atoms with van der Waals surface area (Å²) < 4.78 is 5.47. The molecule has 0 heterocycles. The maximum atomic E-state index is 6.46. The van der Waals surface area contributed by atoms with Crippen LogP contribution in [0.15, 0.2) is 18.2 Å². The number of likely N-dealkylation sites (N-methyl/N-ethyl adjacent to an activating group) is 1. The lowest BCUT2D eigenvalue weighted by Crippen LogP contribution is -2.39. The number of methoxy groups -OCH3 is 1. The predicted octanol–water partition coefficient (Wildman–Crippen LogP) is 3.51. The van der Waals surface area contributed by atoms with Gasteiger partial charge >= 0.3 is 0 Å². The molecule has 0 bridgehead atoms. The predicted molar refractivity (Wildman–Crippen MR) is 88.7 cm³/mol. The van der Waals surface area contributed by atoms with E-state index in [1.165, 1.54) is 31.2 Å². The second kappa shape index (κ2) is 7.28. The molecule has 3 heteroatoms. The molecule has 0 radical (unpaired) electrons. The van der Waals surface area contributed by atoms with Gasteiger partial charge < -0.3 is 15.4 Å². The number of rotatable bonds is 5. The molecule has 0 aromatic heterocycles. The lowest BCUT2D eigenvalue weighted by molar-refractivity contribution is 0.156. The maximum Gasteiger partial charge on any atom is 0.123 e. The molecule has 2 N–H and O–H groups in total. The minimum absolute atomic E-state index is 0.00193. The fourth-order valence-corrected chi connectivity index (χ4v) is 3.50. The van der Waals surface area contributed by atoms with Gasteiger partial charge in [0.15, 0.2) is 0 Å². The summed E-state index contributed by atoms with van der Waals surface area (Å²) >= 11 is 0. The molecule has 1 saturated carbocycles. The van der Waals surface area contributed by atoms with E-state index < -0.39 is 0 Å². The van der Waals surface area contributed by atoms with Gasteiger partial charge in [0.2, 0.25) is 0 Å². The van der Waals surface area contributed by atoms with Gasteiger partial charge in [0.25, 0.3) is 0 Å². The highest BCUT2D eigenvalue weighted by Crippen LogP contribution is 2.29. The Morgan fingerprint density at radius 2 is 2.14 bits per heavy atom. The Balaban J connectivity index is 2.03. The van der Waals surface area contributed by atoms with Gasteiger partial charge in [0.05, 0.1) is 7.11 Å². The molecule has 1 aliphatic carbocycles. The molecule has 1 aromatic carbocycles. The number of nitrogens with two attached hydrogens (primary N) is 1. The van der Waals surface area contributed by atoms with E-state index in [4.69, 9.17) is 10.5 Å². The molecule has 0 aliphatic heterocycles. The van der Waals surface area contributed by atoms with E-state index in [-0.39, 0.29) is 6.04 Å². The zero-order valence-electron chi connectivity index (χ0n) is 13.9. The minimum Gasteiger partial charge on any atom is -0.496 e. The molecule has 3 unspecified atom stereocenters. The number of benzene rings is 1. The molecule has 2 rings (SSSR count). The van der Waals surface area contributed by atoms with Crippen LogP contribution in [0.2, 0.25) is 0 Å². The van der Waals surface area contributed by atoms with Crippen LogP contribution < -0.4 is 10.5 Å². The van der Waals surface area contributed by atoms with E-state index in [0.29, 0.717) is 6.04 Å². The lowest BCUT2D eigenvalue weighted by Gasteiger charge is -2.35. The fraction of sp³-hybridized carbons (Fsp3) is 0.667. The monoisotopic (exact) mass is 290 g/mol. The Morgan fingerprint density at radius 1 is 1.38 bits per heavy atom. The maximum absolute atomic E-state index is 6.46. The van der Waals surface area contributed by atoms with Gasteiger partial charge in [-0.15, -0.1) is 0 Å². The van der Waals surface area contributed by atoms with Gasteiger partial charge in [-0.2, -0.15) is 0 Å². The SMILES string of the molecule is COc1ccc(C)cc1C(N)CN(C)C1CCCC(C)C1. The van der Waals surface area contributed by atoms with Gasteiger partial charge in [-0.1, -0.05) is 37.5 Å². The Labute approximate surface area is 129 Å². The van der Waals surface area contributed by atoms with Gasteiger partial charge in [-0.05, 0) is 38.8 Å². The number of hydrogen-bond acceptors (Lipinski definition) is 3. The van der Waals surface area contributed by atoms with E-state index in [0.717, 1.165) is 23.8 Å². The van der Waals surface area contributed by atoms with Crippen molar-refractivity contribution in [3.8, 4) is 5.75 Å². The van der Waals surface area contributed by atoms with Crippen molar-refractivity contribution in [2.24, 2.45) is 11.7 Å². The Morgan fingerprint density at radius 3 is 2.81 bits per heavy atom. The summed E-state index contributed by atoms with van der Waals surface area (Å²) in [4.78, 5) is 2.45. The Hall–Kier alpha value is -1.06. The molecule has 1 aromatic rings. The summed E-state index contributed by atoms with van der Waals surface area (Å²) in [6.07, 6.45) is 5.33. The van der Waals surface area contributed by atoms with Crippen molar-refractivity contribution in [3.63, 3.8) is 0 Å². The van der Waals surface area contributed by atoms with E-state index in [1.54, 1.807) is 7.11 Å². The summed E-state index contributed by atoms with van der Waals surface area (Å²) in [7, 11) is 3.93. The third-order valence-corrected chi connectivity index (χ3v) is 4.80. The molecule has 0 saturated heterocycles. The topological polar surface area (TPSA) is 38.5 Å². The second-order valence-corrected chi connectivity index (χ2v) is 6.72. The van der Waals surface area contributed by atoms with Crippen LogP contribution in [0, 0.1) is 12.8 Å². The minimum atomic E-state index is 0.00193. The standard InChI is InChI=1S/C18H30N2O/c1-13-6-5-7-15(10-13)20(3)12-17(19)16-11-14(2)8-9-18(16)21-4/h8-9,11,13,15,17H,5-7,10,12,19H2,1-4H3. The van der Waals surface area contributed by atoms with Crippen molar-refractivity contribution >= 4 is 0 Å². The summed E-state index contributed by atoms with van der Waals surface area (Å²) in [6, 6.07) is 6.92. The van der Waals surface area contributed by atoms with Crippen LogP contribution in [0.5, 0.6) is 5.75 Å². The average Bonchev–Trinajstić information content (AvgIpc) is 2.47. The van der Waals surface area contributed by atoms with Gasteiger partial charge in [-0.3, -0.25) is 0 Å². The molecule has 21 heavy (non-hydrogen) atoms. The van der Waals surface area contributed by atoms with Gasteiger partial charge in [0, 0.05) is 24.2 Å². The largest absolute Gasteiger partial charge is 0.496 e. The third-order valence-electron chi connectivity index (χ3n) is 4.80. The van der Waals surface area contributed by atoms with Crippen molar-refractivity contribution in [2.45, 2.75) is 51.6 Å². The zero-order valence-corrected chi connectivity index (χ0v) is 13.9. The molecular formula is C18H30N2O. The van der Waals surface area contributed by atoms with Crippen LogP contribution in [0.4, 0.5) is 0 Å². The highest BCUT2D eigenvalue weighted by atomic mass is 16.5. The molecular weight excluding hydrogens is 260 g/mol. The lowest BCUT2D eigenvalue weighted by atomic mass is 9.86. The van der Waals surface area contributed by atoms with E-state index in [1.807, 2.05) is 6.07 Å². The van der Waals surface area contributed by atoms with Crippen molar-refractivity contribution < 1.29 is 4.74 Å². The normalized spacial score (nSPS) is 24.1. The highest BCUT2D eigenvalue weighted by Gasteiger charge is 2.24. The number of ether oxygens (including phenoxy) is 1. The Kier molecular flexibility index (Phi) is 5.65. The van der Waals surface area contributed by atoms with Crippen LogP contribution in [0.1, 0.15) is 49.8 Å². The van der Waals surface area contributed by atoms with Crippen molar-refractivity contribution in [3.05, 3.63) is 29.3 Å². The van der Waals surface area contributed by atoms with Gasteiger partial charge in [-0.25, -0.2) is 0 Å². The smallest absolute Gasteiger partial charge is 0.123 e. The van der Waals surface area contributed by atoms with Crippen molar-refractivity contribution in [1.29, 1.82) is 0 Å². The summed E-state index contributed by atoms with van der Waals surface area (Å²) in [6.45, 7) is 5.35. The summed E-state index contributed by atoms with van der Waals surface area (Å²) in [5.41, 5.74) is 8.81. The zero-order chi connectivity index (χ0) is 15.4. The highest BCUT2D eigenvalue weighted by molar-refractivity contribution is 5.39. The molecule has 1 fully saturated rings. The Bertz CT molecular complexity index is 461. The van der Waals surface area contributed by atoms with E-state index in [9.17, 15) is 0 Å². The summed E-state index contributed by atoms with van der Waals surface area (Å²) in [5.74, 6) is 1.74. The van der Waals surface area contributed by atoms with Crippen LogP contribution in [-0.4, -0.2) is 31.6 Å². The first-order chi connectivity index (χ1) is 10.0. The summed E-state index contributed by atoms with van der Waals surface area (Å²) in [5, 5.41) is 0.